The zero-order chi connectivity index (χ0) is 12.3. The maximum absolute atomic E-state index is 12.0. The van der Waals surface area contributed by atoms with Crippen molar-refractivity contribution < 1.29 is 9.21 Å². The van der Waals surface area contributed by atoms with Crippen molar-refractivity contribution in [2.24, 2.45) is 11.1 Å². The van der Waals surface area contributed by atoms with Crippen molar-refractivity contribution in [3.05, 3.63) is 22.6 Å². The zero-order valence-electron chi connectivity index (χ0n) is 10.2. The molecule has 2 N–H and O–H groups in total. The normalized spacial score (nSPS) is 10.9. The van der Waals surface area contributed by atoms with E-state index in [0.29, 0.717) is 23.3 Å². The Balaban J connectivity index is 0.00000256. The molecule has 0 aliphatic carbocycles. The molecule has 1 rings (SSSR count). The van der Waals surface area contributed by atoms with Gasteiger partial charge >= 0.3 is 0 Å². The SMILES string of the molecule is CN(CC(C)(C)CN)C(=O)c1coc(Br)c1.Cl. The summed E-state index contributed by atoms with van der Waals surface area (Å²) in [7, 11) is 1.76. The number of hydrogen-bond donors (Lipinski definition) is 1. The van der Waals surface area contributed by atoms with Crippen molar-refractivity contribution in [1.29, 1.82) is 0 Å². The topological polar surface area (TPSA) is 59.5 Å². The van der Waals surface area contributed by atoms with Crippen LogP contribution in [-0.2, 0) is 0 Å². The van der Waals surface area contributed by atoms with E-state index in [1.54, 1.807) is 18.0 Å². The Kier molecular flexibility index (Phi) is 6.23. The number of nitrogens with zero attached hydrogens (tertiary/aromatic N) is 1. The highest BCUT2D eigenvalue weighted by molar-refractivity contribution is 9.10. The Morgan fingerprint density at radius 3 is 2.59 bits per heavy atom. The summed E-state index contributed by atoms with van der Waals surface area (Å²) in [6, 6.07) is 1.66. The monoisotopic (exact) mass is 324 g/mol. The Labute approximate surface area is 116 Å². The number of hydrogen-bond acceptors (Lipinski definition) is 3. The van der Waals surface area contributed by atoms with E-state index in [-0.39, 0.29) is 23.7 Å². The van der Waals surface area contributed by atoms with Gasteiger partial charge in [0.15, 0.2) is 4.67 Å². The van der Waals surface area contributed by atoms with E-state index in [1.807, 2.05) is 13.8 Å². The second-order valence-electron chi connectivity index (χ2n) is 4.67. The van der Waals surface area contributed by atoms with Crippen LogP contribution >= 0.6 is 28.3 Å². The molecule has 0 aliphatic heterocycles. The van der Waals surface area contributed by atoms with Crippen molar-refractivity contribution in [3.63, 3.8) is 0 Å². The summed E-state index contributed by atoms with van der Waals surface area (Å²) in [5, 5.41) is 0. The van der Waals surface area contributed by atoms with Gasteiger partial charge in [-0.1, -0.05) is 13.8 Å². The van der Waals surface area contributed by atoms with Gasteiger partial charge < -0.3 is 15.1 Å². The van der Waals surface area contributed by atoms with E-state index in [0.717, 1.165) is 0 Å². The minimum atomic E-state index is -0.0780. The van der Waals surface area contributed by atoms with Gasteiger partial charge in [-0.3, -0.25) is 4.79 Å². The summed E-state index contributed by atoms with van der Waals surface area (Å²) in [5.41, 5.74) is 6.10. The van der Waals surface area contributed by atoms with Crippen LogP contribution in [0.4, 0.5) is 0 Å². The third-order valence-electron chi connectivity index (χ3n) is 2.38. The van der Waals surface area contributed by atoms with Gasteiger partial charge in [-0.15, -0.1) is 12.4 Å². The molecule has 0 fully saturated rings. The lowest BCUT2D eigenvalue weighted by molar-refractivity contribution is 0.0740. The molecule has 4 nitrogen and oxygen atoms in total. The minimum Gasteiger partial charge on any atom is -0.457 e. The van der Waals surface area contributed by atoms with Gasteiger partial charge in [0.2, 0.25) is 0 Å². The third-order valence-corrected chi connectivity index (χ3v) is 2.79. The quantitative estimate of drug-likeness (QED) is 0.925. The van der Waals surface area contributed by atoms with Gasteiger partial charge in [-0.2, -0.15) is 0 Å². The lowest BCUT2D eigenvalue weighted by Gasteiger charge is -2.28. The molecule has 1 aromatic rings. The van der Waals surface area contributed by atoms with Gasteiger partial charge in [-0.25, -0.2) is 0 Å². The van der Waals surface area contributed by atoms with Crippen LogP contribution < -0.4 is 5.73 Å². The first-order valence-corrected chi connectivity index (χ1v) is 5.84. The number of halogens is 2. The third kappa shape index (κ3) is 4.69. The molecule has 17 heavy (non-hydrogen) atoms. The van der Waals surface area contributed by atoms with Gasteiger partial charge in [-0.05, 0) is 27.9 Å². The number of nitrogens with two attached hydrogens (primary N) is 1. The van der Waals surface area contributed by atoms with E-state index in [4.69, 9.17) is 10.2 Å². The Morgan fingerprint density at radius 2 is 2.18 bits per heavy atom. The maximum atomic E-state index is 12.0. The van der Waals surface area contributed by atoms with Crippen LogP contribution in [0.1, 0.15) is 24.2 Å². The molecule has 0 radical (unpaired) electrons. The first-order chi connectivity index (χ1) is 7.35. The minimum absolute atomic E-state index is 0. The summed E-state index contributed by atoms with van der Waals surface area (Å²) < 4.78 is 5.59. The number of rotatable bonds is 4. The van der Waals surface area contributed by atoms with Crippen LogP contribution in [-0.4, -0.2) is 30.9 Å². The van der Waals surface area contributed by atoms with Crippen LogP contribution in [0.2, 0.25) is 0 Å². The predicted octanol–water partition coefficient (Wildman–Crippen LogP) is 2.52. The maximum Gasteiger partial charge on any atom is 0.256 e. The molecular formula is C11H18BrClN2O2. The van der Waals surface area contributed by atoms with E-state index < -0.39 is 0 Å². The average Bonchev–Trinajstić information content (AvgIpc) is 2.63. The van der Waals surface area contributed by atoms with Crippen molar-refractivity contribution in [2.75, 3.05) is 20.1 Å². The van der Waals surface area contributed by atoms with Crippen LogP contribution in [0.3, 0.4) is 0 Å². The molecule has 1 heterocycles. The molecule has 1 aromatic heterocycles. The average molecular weight is 326 g/mol. The molecule has 0 bridgehead atoms. The molecule has 0 aromatic carbocycles. The standard InChI is InChI=1S/C11H17BrN2O2.ClH/c1-11(2,6-13)7-14(3)10(15)8-4-9(12)16-5-8;/h4-5H,6-7,13H2,1-3H3;1H. The first kappa shape index (κ1) is 16.5. The van der Waals surface area contributed by atoms with Crippen LogP contribution in [0.15, 0.2) is 21.4 Å². The van der Waals surface area contributed by atoms with Gasteiger partial charge in [0.25, 0.3) is 5.91 Å². The fraction of sp³-hybridized carbons (Fsp3) is 0.545. The second kappa shape index (κ2) is 6.42. The Morgan fingerprint density at radius 1 is 1.59 bits per heavy atom. The van der Waals surface area contributed by atoms with Gasteiger partial charge in [0.1, 0.15) is 6.26 Å². The molecular weight excluding hydrogens is 307 g/mol. The summed E-state index contributed by atoms with van der Waals surface area (Å²) in [5.74, 6) is -0.0593. The molecule has 1 amide bonds. The lowest BCUT2D eigenvalue weighted by atomic mass is 9.93. The highest BCUT2D eigenvalue weighted by Gasteiger charge is 2.22. The largest absolute Gasteiger partial charge is 0.457 e. The van der Waals surface area contributed by atoms with E-state index in [2.05, 4.69) is 15.9 Å². The fourth-order valence-electron chi connectivity index (χ4n) is 1.42. The number of carbonyl (C=O) groups is 1. The Bertz CT molecular complexity index is 379. The summed E-state index contributed by atoms with van der Waals surface area (Å²) in [4.78, 5) is 13.6. The number of amides is 1. The van der Waals surface area contributed by atoms with Gasteiger partial charge in [0, 0.05) is 19.7 Å². The second-order valence-corrected chi connectivity index (χ2v) is 5.45. The predicted molar refractivity (Wildman–Crippen MR) is 73.5 cm³/mol. The highest BCUT2D eigenvalue weighted by Crippen LogP contribution is 2.18. The molecule has 0 saturated carbocycles. The van der Waals surface area contributed by atoms with E-state index in [1.165, 1.54) is 6.26 Å². The summed E-state index contributed by atoms with van der Waals surface area (Å²) >= 11 is 3.17. The first-order valence-electron chi connectivity index (χ1n) is 5.05. The van der Waals surface area contributed by atoms with E-state index in [9.17, 15) is 4.79 Å². The molecule has 98 valence electrons. The van der Waals surface area contributed by atoms with Crippen LogP contribution in [0.25, 0.3) is 0 Å². The highest BCUT2D eigenvalue weighted by atomic mass is 79.9. The summed E-state index contributed by atoms with van der Waals surface area (Å²) in [6.45, 7) is 5.22. The molecule has 6 heteroatoms. The van der Waals surface area contributed by atoms with E-state index >= 15 is 0 Å². The number of furan rings is 1. The van der Waals surface area contributed by atoms with Crippen LogP contribution in [0, 0.1) is 5.41 Å². The molecule has 0 aliphatic rings. The molecule has 0 saturated heterocycles. The Hall–Kier alpha value is -0.520. The van der Waals surface area contributed by atoms with Crippen LogP contribution in [0.5, 0.6) is 0 Å². The zero-order valence-corrected chi connectivity index (χ0v) is 12.6. The molecule has 0 atom stereocenters. The fourth-order valence-corrected chi connectivity index (χ4v) is 1.76. The van der Waals surface area contributed by atoms with Gasteiger partial charge in [0.05, 0.1) is 5.56 Å². The van der Waals surface area contributed by atoms with Crippen molar-refractivity contribution in [3.8, 4) is 0 Å². The molecule has 0 unspecified atom stereocenters. The molecule has 0 spiro atoms. The van der Waals surface area contributed by atoms with Crippen molar-refractivity contribution >= 4 is 34.2 Å². The van der Waals surface area contributed by atoms with Crippen molar-refractivity contribution in [1.82, 2.24) is 4.90 Å². The smallest absolute Gasteiger partial charge is 0.256 e. The number of carbonyl (C=O) groups excluding carboxylic acids is 1. The lowest BCUT2D eigenvalue weighted by Crippen LogP contribution is -2.39. The summed E-state index contributed by atoms with van der Waals surface area (Å²) in [6.07, 6.45) is 1.44. The van der Waals surface area contributed by atoms with Crippen molar-refractivity contribution in [2.45, 2.75) is 13.8 Å².